The molecular formula is C22H25FN2O4. The van der Waals surface area contributed by atoms with Gasteiger partial charge in [-0.05, 0) is 30.2 Å². The Labute approximate surface area is 169 Å². The van der Waals surface area contributed by atoms with E-state index in [9.17, 15) is 18.8 Å². The van der Waals surface area contributed by atoms with Gasteiger partial charge in [0, 0.05) is 19.3 Å². The predicted octanol–water partition coefficient (Wildman–Crippen LogP) is 2.68. The van der Waals surface area contributed by atoms with E-state index >= 15 is 0 Å². The molecule has 7 heteroatoms. The van der Waals surface area contributed by atoms with E-state index in [4.69, 9.17) is 4.74 Å². The third-order valence-electron chi connectivity index (χ3n) is 4.43. The summed E-state index contributed by atoms with van der Waals surface area (Å²) in [4.78, 5) is 36.3. The average Bonchev–Trinajstić information content (AvgIpc) is 2.73. The van der Waals surface area contributed by atoms with Crippen LogP contribution in [0.2, 0.25) is 0 Å². The summed E-state index contributed by atoms with van der Waals surface area (Å²) in [7, 11) is 1.23. The first-order chi connectivity index (χ1) is 13.9. The van der Waals surface area contributed by atoms with Crippen LogP contribution >= 0.6 is 0 Å². The minimum atomic E-state index is -0.913. The highest BCUT2D eigenvalue weighted by Crippen LogP contribution is 2.11. The Morgan fingerprint density at radius 1 is 0.931 bits per heavy atom. The van der Waals surface area contributed by atoms with Gasteiger partial charge >= 0.3 is 5.97 Å². The molecule has 0 spiro atoms. The Balaban J connectivity index is 1.85. The number of halogens is 1. The molecule has 0 aromatic heterocycles. The molecule has 154 valence electrons. The van der Waals surface area contributed by atoms with Crippen molar-refractivity contribution < 1.29 is 23.5 Å². The molecule has 2 aromatic carbocycles. The summed E-state index contributed by atoms with van der Waals surface area (Å²) in [5.74, 6) is -1.69. The normalized spacial score (nSPS) is 12.5. The molecule has 29 heavy (non-hydrogen) atoms. The Bertz CT molecular complexity index is 824. The minimum absolute atomic E-state index is 0.00650. The van der Waals surface area contributed by atoms with Crippen LogP contribution in [0.1, 0.15) is 36.9 Å². The van der Waals surface area contributed by atoms with Crippen molar-refractivity contribution in [2.45, 2.75) is 38.3 Å². The van der Waals surface area contributed by atoms with Gasteiger partial charge < -0.3 is 15.4 Å². The van der Waals surface area contributed by atoms with Gasteiger partial charge in [-0.1, -0.05) is 42.5 Å². The van der Waals surface area contributed by atoms with E-state index in [-0.39, 0.29) is 37.0 Å². The summed E-state index contributed by atoms with van der Waals surface area (Å²) < 4.78 is 17.8. The molecule has 6 nitrogen and oxygen atoms in total. The SMILES string of the molecule is COC(=O)[C@H](Cc1ccc(F)cc1)NC(=O)CCC(=O)N[C@H](C)c1ccccc1. The van der Waals surface area contributed by atoms with Gasteiger partial charge in [0.15, 0.2) is 0 Å². The topological polar surface area (TPSA) is 84.5 Å². The largest absolute Gasteiger partial charge is 0.467 e. The molecule has 0 radical (unpaired) electrons. The van der Waals surface area contributed by atoms with Crippen molar-refractivity contribution in [2.24, 2.45) is 0 Å². The summed E-state index contributed by atoms with van der Waals surface area (Å²) in [6, 6.07) is 14.0. The van der Waals surface area contributed by atoms with Crippen LogP contribution in [0.25, 0.3) is 0 Å². The summed E-state index contributed by atoms with van der Waals surface area (Å²) >= 11 is 0. The molecule has 0 saturated heterocycles. The first-order valence-electron chi connectivity index (χ1n) is 9.35. The fraction of sp³-hybridized carbons (Fsp3) is 0.318. The van der Waals surface area contributed by atoms with Gasteiger partial charge in [0.05, 0.1) is 13.2 Å². The van der Waals surface area contributed by atoms with Gasteiger partial charge in [-0.2, -0.15) is 0 Å². The summed E-state index contributed by atoms with van der Waals surface area (Å²) in [6.45, 7) is 1.86. The van der Waals surface area contributed by atoms with E-state index in [0.717, 1.165) is 5.56 Å². The van der Waals surface area contributed by atoms with Crippen molar-refractivity contribution in [3.05, 3.63) is 71.5 Å². The molecule has 0 fully saturated rings. The van der Waals surface area contributed by atoms with Crippen molar-refractivity contribution in [1.29, 1.82) is 0 Å². The van der Waals surface area contributed by atoms with Gasteiger partial charge in [-0.25, -0.2) is 9.18 Å². The van der Waals surface area contributed by atoms with E-state index in [1.165, 1.54) is 31.4 Å². The van der Waals surface area contributed by atoms with E-state index in [2.05, 4.69) is 10.6 Å². The molecule has 0 aliphatic heterocycles. The maximum absolute atomic E-state index is 13.0. The van der Waals surface area contributed by atoms with Crippen LogP contribution in [0.15, 0.2) is 54.6 Å². The molecule has 0 bridgehead atoms. The molecule has 2 rings (SSSR count). The highest BCUT2D eigenvalue weighted by molar-refractivity contribution is 5.87. The number of methoxy groups -OCH3 is 1. The van der Waals surface area contributed by atoms with E-state index in [0.29, 0.717) is 5.56 Å². The molecule has 2 amide bonds. The van der Waals surface area contributed by atoms with Crippen LogP contribution in [0, 0.1) is 5.82 Å². The molecule has 2 atom stereocenters. The third-order valence-corrected chi connectivity index (χ3v) is 4.43. The van der Waals surface area contributed by atoms with E-state index in [1.54, 1.807) is 0 Å². The summed E-state index contributed by atoms with van der Waals surface area (Å²) in [5.41, 5.74) is 1.65. The number of amides is 2. The Morgan fingerprint density at radius 2 is 1.52 bits per heavy atom. The second-order valence-corrected chi connectivity index (χ2v) is 6.67. The van der Waals surface area contributed by atoms with Crippen LogP contribution in [0.5, 0.6) is 0 Å². The number of rotatable bonds is 9. The second-order valence-electron chi connectivity index (χ2n) is 6.67. The molecule has 0 aliphatic carbocycles. The van der Waals surface area contributed by atoms with Crippen molar-refractivity contribution in [3.8, 4) is 0 Å². The zero-order chi connectivity index (χ0) is 21.2. The maximum Gasteiger partial charge on any atom is 0.328 e. The lowest BCUT2D eigenvalue weighted by molar-refractivity contribution is -0.145. The number of hydrogen-bond donors (Lipinski definition) is 2. The number of carbonyl (C=O) groups is 3. The number of ether oxygens (including phenoxy) is 1. The Morgan fingerprint density at radius 3 is 2.10 bits per heavy atom. The lowest BCUT2D eigenvalue weighted by atomic mass is 10.1. The van der Waals surface area contributed by atoms with Crippen molar-refractivity contribution in [3.63, 3.8) is 0 Å². The first-order valence-corrected chi connectivity index (χ1v) is 9.35. The van der Waals surface area contributed by atoms with Crippen molar-refractivity contribution in [2.75, 3.05) is 7.11 Å². The molecular weight excluding hydrogens is 375 g/mol. The number of benzene rings is 2. The van der Waals surface area contributed by atoms with Gasteiger partial charge in [0.25, 0.3) is 0 Å². The zero-order valence-electron chi connectivity index (χ0n) is 16.5. The summed E-state index contributed by atoms with van der Waals surface area (Å²) in [5, 5.41) is 5.42. The lowest BCUT2D eigenvalue weighted by Crippen LogP contribution is -2.43. The van der Waals surface area contributed by atoms with Crippen molar-refractivity contribution >= 4 is 17.8 Å². The molecule has 0 saturated carbocycles. The zero-order valence-corrected chi connectivity index (χ0v) is 16.5. The van der Waals surface area contributed by atoms with Gasteiger partial charge in [0.2, 0.25) is 11.8 Å². The fourth-order valence-electron chi connectivity index (χ4n) is 2.82. The number of nitrogens with one attached hydrogen (secondary N) is 2. The Kier molecular flexibility index (Phi) is 8.33. The molecule has 0 unspecified atom stereocenters. The molecule has 0 heterocycles. The summed E-state index contributed by atoms with van der Waals surface area (Å²) in [6.07, 6.45) is 0.0909. The van der Waals surface area contributed by atoms with Crippen LogP contribution in [0.3, 0.4) is 0 Å². The monoisotopic (exact) mass is 400 g/mol. The van der Waals surface area contributed by atoms with Gasteiger partial charge in [-0.3, -0.25) is 9.59 Å². The van der Waals surface area contributed by atoms with E-state index in [1.807, 2.05) is 37.3 Å². The van der Waals surface area contributed by atoms with Crippen LogP contribution < -0.4 is 10.6 Å². The van der Waals surface area contributed by atoms with Gasteiger partial charge in [-0.15, -0.1) is 0 Å². The fourth-order valence-corrected chi connectivity index (χ4v) is 2.82. The quantitative estimate of drug-likeness (QED) is 0.634. The standard InChI is InChI=1S/C22H25FN2O4/c1-15(17-6-4-3-5-7-17)24-20(26)12-13-21(27)25-19(22(28)29-2)14-16-8-10-18(23)11-9-16/h3-11,15,19H,12-14H2,1-2H3,(H,24,26)(H,25,27)/t15-,19+/m1/s1. The van der Waals surface area contributed by atoms with E-state index < -0.39 is 17.9 Å². The average molecular weight is 400 g/mol. The molecule has 0 aliphatic rings. The first kappa shape index (κ1) is 22.1. The lowest BCUT2D eigenvalue weighted by Gasteiger charge is -2.17. The number of hydrogen-bond acceptors (Lipinski definition) is 4. The predicted molar refractivity (Wildman–Crippen MR) is 106 cm³/mol. The second kappa shape index (κ2) is 10.9. The highest BCUT2D eigenvalue weighted by atomic mass is 19.1. The molecule has 2 N–H and O–H groups in total. The molecule has 2 aromatic rings. The smallest absolute Gasteiger partial charge is 0.328 e. The van der Waals surface area contributed by atoms with Crippen LogP contribution in [-0.2, 0) is 25.5 Å². The van der Waals surface area contributed by atoms with Crippen molar-refractivity contribution in [1.82, 2.24) is 10.6 Å². The van der Waals surface area contributed by atoms with Gasteiger partial charge in [0.1, 0.15) is 11.9 Å². The van der Waals surface area contributed by atoms with Crippen LogP contribution in [-0.4, -0.2) is 30.9 Å². The maximum atomic E-state index is 13.0. The van der Waals surface area contributed by atoms with Crippen LogP contribution in [0.4, 0.5) is 4.39 Å². The Hall–Kier alpha value is -3.22. The minimum Gasteiger partial charge on any atom is -0.467 e. The highest BCUT2D eigenvalue weighted by Gasteiger charge is 2.22. The third kappa shape index (κ3) is 7.37. The number of esters is 1. The number of carbonyl (C=O) groups excluding carboxylic acids is 3.